The first-order valence-corrected chi connectivity index (χ1v) is 9.18. The Hall–Kier alpha value is -4.07. The third-order valence-corrected chi connectivity index (χ3v) is 4.24. The Morgan fingerprint density at radius 1 is 0.867 bits per heavy atom. The van der Waals surface area contributed by atoms with Gasteiger partial charge < -0.3 is 25.1 Å². The number of carbonyl (C=O) groups is 3. The lowest BCUT2D eigenvalue weighted by atomic mass is 10.1. The minimum atomic E-state index is -0.878. The third-order valence-electron chi connectivity index (χ3n) is 4.24. The van der Waals surface area contributed by atoms with E-state index in [0.29, 0.717) is 12.3 Å². The van der Waals surface area contributed by atoms with Gasteiger partial charge in [0.15, 0.2) is 0 Å². The van der Waals surface area contributed by atoms with Gasteiger partial charge >= 0.3 is 11.8 Å². The maximum atomic E-state index is 12.6. The fourth-order valence-electron chi connectivity index (χ4n) is 2.65. The van der Waals surface area contributed by atoms with Gasteiger partial charge in [0, 0.05) is 6.54 Å². The summed E-state index contributed by atoms with van der Waals surface area (Å²) in [5.74, 6) is -0.840. The first-order valence-electron chi connectivity index (χ1n) is 9.18. The van der Waals surface area contributed by atoms with Gasteiger partial charge in [-0.2, -0.15) is 0 Å². The summed E-state index contributed by atoms with van der Waals surface area (Å²) in [6.45, 7) is 0.387. The Morgan fingerprint density at radius 2 is 1.63 bits per heavy atom. The highest BCUT2D eigenvalue weighted by Gasteiger charge is 2.18. The van der Waals surface area contributed by atoms with Crippen molar-refractivity contribution in [2.24, 2.45) is 0 Å². The summed E-state index contributed by atoms with van der Waals surface area (Å²) in [5, 5.41) is 7.73. The Bertz CT molecular complexity index is 1010. The Labute approximate surface area is 173 Å². The lowest BCUT2D eigenvalue weighted by Crippen LogP contribution is -2.35. The molecular formula is C22H21N3O5. The van der Waals surface area contributed by atoms with Crippen LogP contribution in [0.15, 0.2) is 71.3 Å². The molecule has 0 spiro atoms. The number of ether oxygens (including phenoxy) is 1. The van der Waals surface area contributed by atoms with E-state index >= 15 is 0 Å². The predicted octanol–water partition coefficient (Wildman–Crippen LogP) is 2.47. The monoisotopic (exact) mass is 407 g/mol. The third kappa shape index (κ3) is 5.48. The zero-order valence-electron chi connectivity index (χ0n) is 16.3. The molecule has 8 nitrogen and oxygen atoms in total. The van der Waals surface area contributed by atoms with Gasteiger partial charge in [-0.25, -0.2) is 0 Å². The lowest BCUT2D eigenvalue weighted by molar-refractivity contribution is -0.136. The predicted molar refractivity (Wildman–Crippen MR) is 110 cm³/mol. The summed E-state index contributed by atoms with van der Waals surface area (Å²) in [5.41, 5.74) is 1.38. The molecule has 2 aromatic carbocycles. The molecule has 0 aliphatic carbocycles. The van der Waals surface area contributed by atoms with E-state index in [0.717, 1.165) is 11.3 Å². The zero-order valence-corrected chi connectivity index (χ0v) is 16.3. The van der Waals surface area contributed by atoms with Gasteiger partial charge in [0.05, 0.1) is 31.2 Å². The summed E-state index contributed by atoms with van der Waals surface area (Å²) in [6.07, 6.45) is 1.47. The van der Waals surface area contributed by atoms with Crippen LogP contribution in [-0.2, 0) is 22.7 Å². The molecule has 0 saturated carbocycles. The average Bonchev–Trinajstić information content (AvgIpc) is 3.30. The normalized spacial score (nSPS) is 10.2. The molecule has 0 aliphatic rings. The number of nitrogens with one attached hydrogen (secondary N) is 3. The number of benzene rings is 2. The molecule has 3 amide bonds. The molecule has 0 fully saturated rings. The van der Waals surface area contributed by atoms with E-state index in [1.807, 2.05) is 12.1 Å². The number of methoxy groups -OCH3 is 1. The molecule has 0 atom stereocenters. The molecule has 3 rings (SSSR count). The molecule has 0 unspecified atom stereocenters. The van der Waals surface area contributed by atoms with Gasteiger partial charge in [0.1, 0.15) is 11.5 Å². The Kier molecular flexibility index (Phi) is 6.83. The first kappa shape index (κ1) is 20.7. The van der Waals surface area contributed by atoms with E-state index in [2.05, 4.69) is 16.0 Å². The fraction of sp³-hybridized carbons (Fsp3) is 0.136. The van der Waals surface area contributed by atoms with Crippen LogP contribution in [0, 0.1) is 0 Å². The van der Waals surface area contributed by atoms with Gasteiger partial charge in [-0.3, -0.25) is 14.4 Å². The molecular weight excluding hydrogens is 386 g/mol. The van der Waals surface area contributed by atoms with Gasteiger partial charge in [-0.15, -0.1) is 0 Å². The number of anilines is 1. The van der Waals surface area contributed by atoms with E-state index in [4.69, 9.17) is 9.15 Å². The average molecular weight is 407 g/mol. The van der Waals surface area contributed by atoms with Gasteiger partial charge in [-0.05, 0) is 42.0 Å². The number of hydrogen-bond donors (Lipinski definition) is 3. The topological polar surface area (TPSA) is 110 Å². The number of hydrogen-bond acceptors (Lipinski definition) is 5. The minimum Gasteiger partial charge on any atom is -0.497 e. The van der Waals surface area contributed by atoms with Gasteiger partial charge in [0.25, 0.3) is 5.91 Å². The van der Waals surface area contributed by atoms with E-state index < -0.39 is 11.8 Å². The van der Waals surface area contributed by atoms with Crippen LogP contribution in [0.4, 0.5) is 5.69 Å². The first-order chi connectivity index (χ1) is 14.6. The zero-order chi connectivity index (χ0) is 21.3. The number of amides is 3. The fourth-order valence-corrected chi connectivity index (χ4v) is 2.65. The van der Waals surface area contributed by atoms with Crippen LogP contribution >= 0.6 is 0 Å². The number of rotatable bonds is 7. The number of carbonyl (C=O) groups excluding carboxylic acids is 3. The summed E-state index contributed by atoms with van der Waals surface area (Å²) in [4.78, 5) is 36.8. The van der Waals surface area contributed by atoms with Crippen molar-refractivity contribution in [2.45, 2.75) is 13.1 Å². The standard InChI is InChI=1S/C22H21N3O5/c1-29-16-10-8-15(9-11-16)13-23-20(26)18-6-2-3-7-19(18)25-22(28)21(27)24-14-17-5-4-12-30-17/h2-12H,13-14H2,1H3,(H,23,26)(H,24,27)(H,25,28). The summed E-state index contributed by atoms with van der Waals surface area (Å²) in [6, 6.07) is 17.1. The summed E-state index contributed by atoms with van der Waals surface area (Å²) in [7, 11) is 1.58. The lowest BCUT2D eigenvalue weighted by Gasteiger charge is -2.11. The van der Waals surface area contributed by atoms with Crippen LogP contribution in [0.2, 0.25) is 0 Å². The largest absolute Gasteiger partial charge is 0.497 e. The van der Waals surface area contributed by atoms with E-state index in [9.17, 15) is 14.4 Å². The maximum absolute atomic E-state index is 12.6. The molecule has 8 heteroatoms. The van der Waals surface area contributed by atoms with Crippen molar-refractivity contribution >= 4 is 23.4 Å². The molecule has 0 bridgehead atoms. The molecule has 0 radical (unpaired) electrons. The molecule has 154 valence electrons. The van der Waals surface area contributed by atoms with Crippen LogP contribution in [0.1, 0.15) is 21.7 Å². The SMILES string of the molecule is COc1ccc(CNC(=O)c2ccccc2NC(=O)C(=O)NCc2ccco2)cc1. The number of furan rings is 1. The summed E-state index contributed by atoms with van der Waals surface area (Å²) < 4.78 is 10.2. The van der Waals surface area contributed by atoms with Crippen LogP contribution in [0.25, 0.3) is 0 Å². The van der Waals surface area contributed by atoms with E-state index in [1.54, 1.807) is 55.6 Å². The molecule has 0 aliphatic heterocycles. The second kappa shape index (κ2) is 9.92. The second-order valence-electron chi connectivity index (χ2n) is 6.29. The highest BCUT2D eigenvalue weighted by Crippen LogP contribution is 2.16. The van der Waals surface area contributed by atoms with Crippen molar-refractivity contribution in [3.05, 3.63) is 83.8 Å². The molecule has 3 aromatic rings. The maximum Gasteiger partial charge on any atom is 0.313 e. The number of para-hydroxylation sites is 1. The molecule has 0 saturated heterocycles. The van der Waals surface area contributed by atoms with Crippen LogP contribution < -0.4 is 20.7 Å². The van der Waals surface area contributed by atoms with Crippen LogP contribution in [0.5, 0.6) is 5.75 Å². The smallest absolute Gasteiger partial charge is 0.313 e. The minimum absolute atomic E-state index is 0.0866. The van der Waals surface area contributed by atoms with Crippen LogP contribution in [-0.4, -0.2) is 24.8 Å². The van der Waals surface area contributed by atoms with Crippen molar-refractivity contribution in [2.75, 3.05) is 12.4 Å². The Morgan fingerprint density at radius 3 is 2.33 bits per heavy atom. The quantitative estimate of drug-likeness (QED) is 0.521. The highest BCUT2D eigenvalue weighted by molar-refractivity contribution is 6.40. The van der Waals surface area contributed by atoms with Gasteiger partial charge in [-0.1, -0.05) is 24.3 Å². The van der Waals surface area contributed by atoms with Crippen molar-refractivity contribution < 1.29 is 23.5 Å². The van der Waals surface area contributed by atoms with Crippen molar-refractivity contribution in [3.63, 3.8) is 0 Å². The van der Waals surface area contributed by atoms with Crippen molar-refractivity contribution in [3.8, 4) is 5.75 Å². The summed E-state index contributed by atoms with van der Waals surface area (Å²) >= 11 is 0. The van der Waals surface area contributed by atoms with E-state index in [-0.39, 0.29) is 23.7 Å². The highest BCUT2D eigenvalue weighted by atomic mass is 16.5. The molecule has 30 heavy (non-hydrogen) atoms. The van der Waals surface area contributed by atoms with Gasteiger partial charge in [0.2, 0.25) is 0 Å². The van der Waals surface area contributed by atoms with Crippen LogP contribution in [0.3, 0.4) is 0 Å². The second-order valence-corrected chi connectivity index (χ2v) is 6.29. The van der Waals surface area contributed by atoms with Crippen molar-refractivity contribution in [1.82, 2.24) is 10.6 Å². The Balaban J connectivity index is 1.59. The molecule has 3 N–H and O–H groups in total. The molecule has 1 aromatic heterocycles. The van der Waals surface area contributed by atoms with E-state index in [1.165, 1.54) is 6.26 Å². The van der Waals surface area contributed by atoms with Crippen molar-refractivity contribution in [1.29, 1.82) is 0 Å². The molecule has 1 heterocycles.